The van der Waals surface area contributed by atoms with E-state index in [0.29, 0.717) is 5.82 Å². The number of pyridine rings is 1. The van der Waals surface area contributed by atoms with Crippen LogP contribution in [0.1, 0.15) is 12.0 Å². The lowest BCUT2D eigenvalue weighted by Gasteiger charge is -2.21. The maximum atomic E-state index is 12.4. The molecule has 0 atom stereocenters. The lowest BCUT2D eigenvalue weighted by Crippen LogP contribution is -2.28. The zero-order chi connectivity index (χ0) is 12.3. The van der Waals surface area contributed by atoms with Crippen LogP contribution in [-0.2, 0) is 6.18 Å². The molecular weight excluding hydrogens is 302 g/mol. The van der Waals surface area contributed by atoms with E-state index in [4.69, 9.17) is 0 Å². The van der Waals surface area contributed by atoms with Gasteiger partial charge in [-0.1, -0.05) is 0 Å². The highest BCUT2D eigenvalue weighted by Crippen LogP contribution is 2.29. The highest BCUT2D eigenvalue weighted by atomic mass is 35.5. The van der Waals surface area contributed by atoms with Crippen LogP contribution < -0.4 is 10.2 Å². The molecule has 8 heteroatoms. The van der Waals surface area contributed by atoms with Crippen molar-refractivity contribution in [2.75, 3.05) is 31.1 Å². The molecular formula is C11H16Cl2F3N3. The van der Waals surface area contributed by atoms with Crippen LogP contribution in [0.4, 0.5) is 19.0 Å². The average Bonchev–Trinajstić information content (AvgIpc) is 2.56. The summed E-state index contributed by atoms with van der Waals surface area (Å²) in [5.74, 6) is 0.613. The molecule has 1 N–H and O–H groups in total. The first-order chi connectivity index (χ1) is 8.07. The molecule has 2 rings (SSSR count). The molecule has 1 aliphatic rings. The van der Waals surface area contributed by atoms with Crippen LogP contribution in [-0.4, -0.2) is 31.2 Å². The Morgan fingerprint density at radius 2 is 1.84 bits per heavy atom. The highest BCUT2D eigenvalue weighted by Gasteiger charge is 2.30. The van der Waals surface area contributed by atoms with Crippen molar-refractivity contribution < 1.29 is 13.2 Å². The van der Waals surface area contributed by atoms with Crippen molar-refractivity contribution in [2.45, 2.75) is 12.6 Å². The van der Waals surface area contributed by atoms with E-state index in [1.54, 1.807) is 0 Å². The van der Waals surface area contributed by atoms with E-state index in [-0.39, 0.29) is 24.8 Å². The first-order valence-electron chi connectivity index (χ1n) is 5.56. The van der Waals surface area contributed by atoms with Gasteiger partial charge >= 0.3 is 6.18 Å². The fraction of sp³-hybridized carbons (Fsp3) is 0.545. The first kappa shape index (κ1) is 18.3. The molecule has 1 aliphatic heterocycles. The van der Waals surface area contributed by atoms with Crippen molar-refractivity contribution >= 4 is 30.6 Å². The molecule has 0 radical (unpaired) electrons. The first-order valence-corrected chi connectivity index (χ1v) is 5.56. The van der Waals surface area contributed by atoms with Gasteiger partial charge in [-0.2, -0.15) is 13.2 Å². The van der Waals surface area contributed by atoms with Crippen molar-refractivity contribution in [1.29, 1.82) is 0 Å². The van der Waals surface area contributed by atoms with Crippen molar-refractivity contribution in [3.05, 3.63) is 23.9 Å². The van der Waals surface area contributed by atoms with Crippen molar-refractivity contribution in [3.8, 4) is 0 Å². The van der Waals surface area contributed by atoms with Crippen LogP contribution in [0, 0.1) is 0 Å². The molecule has 1 aromatic heterocycles. The van der Waals surface area contributed by atoms with Gasteiger partial charge in [-0.05, 0) is 25.1 Å². The minimum atomic E-state index is -4.31. The van der Waals surface area contributed by atoms with Gasteiger partial charge in [0.25, 0.3) is 0 Å². The third-order valence-corrected chi connectivity index (χ3v) is 2.74. The van der Waals surface area contributed by atoms with Gasteiger partial charge in [-0.25, -0.2) is 4.98 Å². The second-order valence-electron chi connectivity index (χ2n) is 3.99. The molecule has 0 spiro atoms. The average molecular weight is 318 g/mol. The van der Waals surface area contributed by atoms with E-state index in [1.807, 2.05) is 4.90 Å². The maximum Gasteiger partial charge on any atom is 0.417 e. The van der Waals surface area contributed by atoms with Gasteiger partial charge in [0.05, 0.1) is 5.56 Å². The molecule has 0 unspecified atom stereocenters. The fourth-order valence-electron chi connectivity index (χ4n) is 1.82. The third kappa shape index (κ3) is 5.04. The zero-order valence-electron chi connectivity index (χ0n) is 10.1. The van der Waals surface area contributed by atoms with Crippen molar-refractivity contribution in [3.63, 3.8) is 0 Å². The molecule has 0 bridgehead atoms. The summed E-state index contributed by atoms with van der Waals surface area (Å²) in [7, 11) is 0. The fourth-order valence-corrected chi connectivity index (χ4v) is 1.82. The Morgan fingerprint density at radius 1 is 1.11 bits per heavy atom. The third-order valence-electron chi connectivity index (χ3n) is 2.74. The molecule has 19 heavy (non-hydrogen) atoms. The number of hydrogen-bond acceptors (Lipinski definition) is 3. The molecule has 0 saturated carbocycles. The van der Waals surface area contributed by atoms with Crippen LogP contribution in [0.15, 0.2) is 18.3 Å². The monoisotopic (exact) mass is 317 g/mol. The van der Waals surface area contributed by atoms with E-state index in [0.717, 1.165) is 44.9 Å². The molecule has 0 amide bonds. The summed E-state index contributed by atoms with van der Waals surface area (Å²) in [6.07, 6.45) is -2.44. The Hall–Kier alpha value is -0.720. The number of aromatic nitrogens is 1. The lowest BCUT2D eigenvalue weighted by molar-refractivity contribution is -0.137. The number of alkyl halides is 3. The van der Waals surface area contributed by atoms with E-state index >= 15 is 0 Å². The normalized spacial score (nSPS) is 16.1. The number of anilines is 1. The van der Waals surface area contributed by atoms with Gasteiger partial charge < -0.3 is 10.2 Å². The summed E-state index contributed by atoms with van der Waals surface area (Å²) in [4.78, 5) is 5.89. The van der Waals surface area contributed by atoms with Gasteiger partial charge in [0.15, 0.2) is 0 Å². The van der Waals surface area contributed by atoms with E-state index < -0.39 is 11.7 Å². The molecule has 110 valence electrons. The van der Waals surface area contributed by atoms with Crippen LogP contribution >= 0.6 is 24.8 Å². The smallest absolute Gasteiger partial charge is 0.355 e. The summed E-state index contributed by atoms with van der Waals surface area (Å²) in [6.45, 7) is 3.38. The number of nitrogens with one attached hydrogen (secondary N) is 1. The summed E-state index contributed by atoms with van der Waals surface area (Å²) in [5, 5.41) is 3.23. The minimum Gasteiger partial charge on any atom is -0.355 e. The van der Waals surface area contributed by atoms with Gasteiger partial charge in [0, 0.05) is 25.8 Å². The van der Waals surface area contributed by atoms with E-state index in [9.17, 15) is 13.2 Å². The van der Waals surface area contributed by atoms with Gasteiger partial charge in [-0.3, -0.25) is 0 Å². The molecule has 0 aliphatic carbocycles. The molecule has 1 aromatic rings. The molecule has 1 fully saturated rings. The topological polar surface area (TPSA) is 28.2 Å². The predicted molar refractivity (Wildman–Crippen MR) is 73.4 cm³/mol. The largest absolute Gasteiger partial charge is 0.417 e. The van der Waals surface area contributed by atoms with Gasteiger partial charge in [0.2, 0.25) is 0 Å². The number of rotatable bonds is 1. The Balaban J connectivity index is 0.00000162. The van der Waals surface area contributed by atoms with Crippen molar-refractivity contribution in [1.82, 2.24) is 10.3 Å². The van der Waals surface area contributed by atoms with Crippen LogP contribution in [0.3, 0.4) is 0 Å². The van der Waals surface area contributed by atoms with Crippen LogP contribution in [0.5, 0.6) is 0 Å². The van der Waals surface area contributed by atoms with Crippen LogP contribution in [0.2, 0.25) is 0 Å². The van der Waals surface area contributed by atoms with Gasteiger partial charge in [0.1, 0.15) is 5.82 Å². The predicted octanol–water partition coefficient (Wildman–Crippen LogP) is 2.74. The zero-order valence-corrected chi connectivity index (χ0v) is 11.7. The van der Waals surface area contributed by atoms with E-state index in [2.05, 4.69) is 10.3 Å². The summed E-state index contributed by atoms with van der Waals surface area (Å²) < 4.78 is 37.1. The number of hydrogen-bond donors (Lipinski definition) is 1. The summed E-state index contributed by atoms with van der Waals surface area (Å²) >= 11 is 0. The van der Waals surface area contributed by atoms with Crippen LogP contribution in [0.25, 0.3) is 0 Å². The molecule has 2 heterocycles. The number of halogens is 5. The SMILES string of the molecule is Cl.Cl.FC(F)(F)c1ccc(N2CCCNCC2)nc1. The molecule has 1 saturated heterocycles. The Kier molecular flexibility index (Phi) is 7.47. The Morgan fingerprint density at radius 3 is 2.42 bits per heavy atom. The molecule has 0 aromatic carbocycles. The Labute approximate surface area is 122 Å². The lowest BCUT2D eigenvalue weighted by atomic mass is 10.2. The maximum absolute atomic E-state index is 12.4. The second-order valence-corrected chi connectivity index (χ2v) is 3.99. The van der Waals surface area contributed by atoms with E-state index in [1.165, 1.54) is 6.07 Å². The highest BCUT2D eigenvalue weighted by molar-refractivity contribution is 5.85. The molecule has 3 nitrogen and oxygen atoms in total. The minimum absolute atomic E-state index is 0. The quantitative estimate of drug-likeness (QED) is 0.863. The van der Waals surface area contributed by atoms with Gasteiger partial charge in [-0.15, -0.1) is 24.8 Å². The van der Waals surface area contributed by atoms with Crippen molar-refractivity contribution in [2.24, 2.45) is 0 Å². The Bertz CT molecular complexity index is 362. The number of nitrogens with zero attached hydrogens (tertiary/aromatic N) is 2. The second kappa shape index (κ2) is 7.77. The summed E-state index contributed by atoms with van der Waals surface area (Å²) in [5.41, 5.74) is -0.700. The summed E-state index contributed by atoms with van der Waals surface area (Å²) in [6, 6.07) is 2.52. The standard InChI is InChI=1S/C11H14F3N3.2ClH/c12-11(13,14)9-2-3-10(16-8-9)17-6-1-4-15-5-7-17;;/h2-3,8,15H,1,4-7H2;2*1H.